The van der Waals surface area contributed by atoms with Gasteiger partial charge in [0.1, 0.15) is 5.75 Å². The highest BCUT2D eigenvalue weighted by atomic mass is 32.1. The molecule has 0 atom stereocenters. The maximum Gasteiger partial charge on any atom is 0.279 e. The Morgan fingerprint density at radius 1 is 1.24 bits per heavy atom. The molecule has 0 saturated carbocycles. The number of nitrogens with zero attached hydrogens (tertiary/aromatic N) is 2. The summed E-state index contributed by atoms with van der Waals surface area (Å²) in [6.07, 6.45) is 1.91. The van der Waals surface area contributed by atoms with E-state index in [9.17, 15) is 4.79 Å². The van der Waals surface area contributed by atoms with E-state index < -0.39 is 0 Å². The Kier molecular flexibility index (Phi) is 5.14. The van der Waals surface area contributed by atoms with E-state index in [0.717, 1.165) is 16.0 Å². The molecule has 0 unspecified atom stereocenters. The average Bonchev–Trinajstić information content (AvgIpc) is 2.93. The van der Waals surface area contributed by atoms with E-state index >= 15 is 0 Å². The molecule has 0 aliphatic carbocycles. The number of hydrogen-bond donors (Lipinski definition) is 0. The third-order valence-electron chi connectivity index (χ3n) is 3.57. The molecule has 1 amide bonds. The molecular weight excluding hydrogens is 332 g/mol. The van der Waals surface area contributed by atoms with Gasteiger partial charge < -0.3 is 9.30 Å². The fourth-order valence-electron chi connectivity index (χ4n) is 2.51. The first-order valence-electron chi connectivity index (χ1n) is 8.13. The highest BCUT2D eigenvalue weighted by Gasteiger charge is 2.09. The number of rotatable bonds is 5. The van der Waals surface area contributed by atoms with Crippen LogP contribution in [-0.2, 0) is 6.54 Å². The summed E-state index contributed by atoms with van der Waals surface area (Å²) in [6, 6.07) is 15.1. The molecule has 4 nitrogen and oxygen atoms in total. The highest BCUT2D eigenvalue weighted by molar-refractivity contribution is 7.16. The smallest absolute Gasteiger partial charge is 0.279 e. The van der Waals surface area contributed by atoms with Crippen molar-refractivity contribution in [1.82, 2.24) is 4.57 Å². The first-order chi connectivity index (χ1) is 12.1. The van der Waals surface area contributed by atoms with Crippen LogP contribution in [0.25, 0.3) is 10.2 Å². The number of carbonyl (C=O) groups excluding carboxylic acids is 1. The first-order valence-corrected chi connectivity index (χ1v) is 8.95. The maximum atomic E-state index is 12.5. The number of amides is 1. The van der Waals surface area contributed by atoms with Crippen LogP contribution in [0.3, 0.4) is 0 Å². The largest absolute Gasteiger partial charge is 0.491 e. The molecule has 1 heterocycles. The van der Waals surface area contributed by atoms with E-state index in [1.165, 1.54) is 11.3 Å². The standard InChI is InChI=1S/C20H20N2O2S/c1-4-13-22-17-7-5-6-8-18(17)25-20(22)21-19(23)15-9-11-16(12-10-15)24-14(2)3/h4-12,14H,1,13H2,2-3H3. The minimum Gasteiger partial charge on any atom is -0.491 e. The van der Waals surface area contributed by atoms with Gasteiger partial charge in [-0.3, -0.25) is 4.79 Å². The van der Waals surface area contributed by atoms with Crippen LogP contribution in [-0.4, -0.2) is 16.6 Å². The summed E-state index contributed by atoms with van der Waals surface area (Å²) in [7, 11) is 0. The summed E-state index contributed by atoms with van der Waals surface area (Å²) >= 11 is 1.50. The molecule has 2 aromatic carbocycles. The first kappa shape index (κ1) is 17.2. The van der Waals surface area contributed by atoms with Gasteiger partial charge in [-0.05, 0) is 50.2 Å². The molecule has 0 radical (unpaired) electrons. The normalized spacial score (nSPS) is 11.9. The van der Waals surface area contributed by atoms with Crippen molar-refractivity contribution in [2.45, 2.75) is 26.5 Å². The third kappa shape index (κ3) is 3.88. The molecule has 1 aromatic heterocycles. The minimum atomic E-state index is -0.263. The van der Waals surface area contributed by atoms with E-state index in [1.807, 2.05) is 42.7 Å². The third-order valence-corrected chi connectivity index (χ3v) is 4.63. The predicted molar refractivity (Wildman–Crippen MR) is 102 cm³/mol. The lowest BCUT2D eigenvalue weighted by atomic mass is 10.2. The molecular formula is C20H20N2O2S. The Balaban J connectivity index is 1.97. The van der Waals surface area contributed by atoms with E-state index in [1.54, 1.807) is 30.3 Å². The number of ether oxygens (including phenoxy) is 1. The lowest BCUT2D eigenvalue weighted by Crippen LogP contribution is -2.16. The number of thiazole rings is 1. The predicted octanol–water partition coefficient (Wildman–Crippen LogP) is 4.42. The van der Waals surface area contributed by atoms with Crippen molar-refractivity contribution >= 4 is 27.5 Å². The lowest BCUT2D eigenvalue weighted by Gasteiger charge is -2.09. The van der Waals surface area contributed by atoms with Crippen LogP contribution in [0.15, 0.2) is 66.2 Å². The van der Waals surface area contributed by atoms with Gasteiger partial charge in [-0.2, -0.15) is 4.99 Å². The monoisotopic (exact) mass is 352 g/mol. The van der Waals surface area contributed by atoms with Gasteiger partial charge in [-0.25, -0.2) is 0 Å². The van der Waals surface area contributed by atoms with E-state index in [0.29, 0.717) is 16.9 Å². The van der Waals surface area contributed by atoms with E-state index in [-0.39, 0.29) is 12.0 Å². The van der Waals surface area contributed by atoms with Crippen molar-refractivity contribution in [1.29, 1.82) is 0 Å². The van der Waals surface area contributed by atoms with Crippen LogP contribution in [0.4, 0.5) is 0 Å². The molecule has 25 heavy (non-hydrogen) atoms. The van der Waals surface area contributed by atoms with Gasteiger partial charge >= 0.3 is 0 Å². The van der Waals surface area contributed by atoms with Gasteiger partial charge in [0.15, 0.2) is 4.80 Å². The summed E-state index contributed by atoms with van der Waals surface area (Å²) in [5.74, 6) is 0.482. The molecule has 0 fully saturated rings. The van der Waals surface area contributed by atoms with E-state index in [4.69, 9.17) is 4.74 Å². The van der Waals surface area contributed by atoms with Crippen LogP contribution in [0.1, 0.15) is 24.2 Å². The fourth-order valence-corrected chi connectivity index (χ4v) is 3.55. The number of fused-ring (bicyclic) bond motifs is 1. The quantitative estimate of drug-likeness (QED) is 0.638. The zero-order chi connectivity index (χ0) is 17.8. The average molecular weight is 352 g/mol. The fraction of sp³-hybridized carbons (Fsp3) is 0.200. The second-order valence-corrected chi connectivity index (χ2v) is 6.87. The number of carbonyl (C=O) groups is 1. The Labute approximate surface area is 150 Å². The summed E-state index contributed by atoms with van der Waals surface area (Å²) in [6.45, 7) is 8.34. The summed E-state index contributed by atoms with van der Waals surface area (Å²) in [5.41, 5.74) is 1.60. The molecule has 3 aromatic rings. The van der Waals surface area contributed by atoms with Gasteiger partial charge in [0.25, 0.3) is 5.91 Å². The topological polar surface area (TPSA) is 43.6 Å². The van der Waals surface area contributed by atoms with Gasteiger partial charge in [0.05, 0.1) is 16.3 Å². The van der Waals surface area contributed by atoms with Gasteiger partial charge in [0, 0.05) is 12.1 Å². The number of hydrogen-bond acceptors (Lipinski definition) is 3. The highest BCUT2D eigenvalue weighted by Crippen LogP contribution is 2.17. The van der Waals surface area contributed by atoms with Crippen LogP contribution in [0, 0.1) is 0 Å². The number of benzene rings is 2. The Morgan fingerprint density at radius 2 is 1.96 bits per heavy atom. The molecule has 0 aliphatic rings. The number of aromatic nitrogens is 1. The van der Waals surface area contributed by atoms with E-state index in [2.05, 4.69) is 11.6 Å². The zero-order valence-corrected chi connectivity index (χ0v) is 15.1. The molecule has 0 spiro atoms. The maximum absolute atomic E-state index is 12.5. The molecule has 0 saturated heterocycles. The summed E-state index contributed by atoms with van der Waals surface area (Å²) in [5, 5.41) is 0. The Morgan fingerprint density at radius 3 is 2.64 bits per heavy atom. The number of allylic oxidation sites excluding steroid dienone is 1. The van der Waals surface area contributed by atoms with Gasteiger partial charge in [-0.1, -0.05) is 29.5 Å². The lowest BCUT2D eigenvalue weighted by molar-refractivity contribution is 0.0998. The SMILES string of the molecule is C=CCn1c(=NC(=O)c2ccc(OC(C)C)cc2)sc2ccccc21. The van der Waals surface area contributed by atoms with Crippen LogP contribution >= 0.6 is 11.3 Å². The minimum absolute atomic E-state index is 0.0997. The molecule has 128 valence electrons. The van der Waals surface area contributed by atoms with Crippen LogP contribution < -0.4 is 9.54 Å². The molecule has 3 rings (SSSR count). The van der Waals surface area contributed by atoms with Crippen molar-refractivity contribution in [2.24, 2.45) is 4.99 Å². The summed E-state index contributed by atoms with van der Waals surface area (Å²) < 4.78 is 8.70. The molecule has 0 N–H and O–H groups in total. The van der Waals surface area contributed by atoms with Crippen molar-refractivity contribution in [2.75, 3.05) is 0 Å². The van der Waals surface area contributed by atoms with Crippen LogP contribution in [0.2, 0.25) is 0 Å². The van der Waals surface area contributed by atoms with Crippen molar-refractivity contribution in [3.63, 3.8) is 0 Å². The van der Waals surface area contributed by atoms with Gasteiger partial charge in [-0.15, -0.1) is 6.58 Å². The summed E-state index contributed by atoms with van der Waals surface area (Å²) in [4.78, 5) is 17.5. The van der Waals surface area contributed by atoms with Crippen molar-refractivity contribution in [3.05, 3.63) is 71.6 Å². The van der Waals surface area contributed by atoms with Crippen LogP contribution in [0.5, 0.6) is 5.75 Å². The molecule has 0 bridgehead atoms. The second-order valence-electron chi connectivity index (χ2n) is 5.86. The zero-order valence-electron chi connectivity index (χ0n) is 14.3. The Bertz CT molecular complexity index is 965. The molecule has 5 heteroatoms. The second kappa shape index (κ2) is 7.49. The van der Waals surface area contributed by atoms with Crippen molar-refractivity contribution < 1.29 is 9.53 Å². The van der Waals surface area contributed by atoms with Crippen molar-refractivity contribution in [3.8, 4) is 5.75 Å². The van der Waals surface area contributed by atoms with Gasteiger partial charge in [0.2, 0.25) is 0 Å². The Hall–Kier alpha value is -2.66. The molecule has 0 aliphatic heterocycles. The number of para-hydroxylation sites is 1.